The van der Waals surface area contributed by atoms with Crippen molar-refractivity contribution in [3.8, 4) is 0 Å². The topological polar surface area (TPSA) is 30.0 Å². The molecule has 3 heteroatoms. The predicted molar refractivity (Wildman–Crippen MR) is 71.3 cm³/mol. The van der Waals surface area contributed by atoms with Gasteiger partial charge in [-0.25, -0.2) is 0 Å². The number of allylic oxidation sites excluding steroid dienone is 1. The Balaban J connectivity index is 2.09. The molecule has 0 bridgehead atoms. The second kappa shape index (κ2) is 5.55. The van der Waals surface area contributed by atoms with E-state index >= 15 is 0 Å². The van der Waals surface area contributed by atoms with Crippen molar-refractivity contribution in [1.29, 1.82) is 0 Å². The van der Waals surface area contributed by atoms with E-state index in [1.807, 2.05) is 24.3 Å². The van der Waals surface area contributed by atoms with Crippen molar-refractivity contribution in [1.82, 2.24) is 4.98 Å². The maximum absolute atomic E-state index is 11.9. The average molecular weight is 243 g/mol. The predicted octanol–water partition coefficient (Wildman–Crippen LogP) is 3.60. The highest BCUT2D eigenvalue weighted by Gasteiger charge is 2.04. The van der Waals surface area contributed by atoms with Crippen LogP contribution in [0.1, 0.15) is 27.0 Å². The Hall–Kier alpha value is -1.74. The van der Waals surface area contributed by atoms with Gasteiger partial charge < -0.3 is 0 Å². The van der Waals surface area contributed by atoms with Crippen LogP contribution in [0.25, 0.3) is 6.08 Å². The number of carbonyl (C=O) groups is 1. The lowest BCUT2D eigenvalue weighted by Crippen LogP contribution is -1.88. The summed E-state index contributed by atoms with van der Waals surface area (Å²) < 4.78 is 0. The van der Waals surface area contributed by atoms with Gasteiger partial charge in [0.1, 0.15) is 0 Å². The molecule has 0 aliphatic carbocycles. The number of aromatic nitrogens is 1. The summed E-state index contributed by atoms with van der Waals surface area (Å²) in [5.74, 6) is 0.0542. The quantitative estimate of drug-likeness (QED) is 0.606. The molecule has 0 spiro atoms. The molecule has 2 aromatic heterocycles. The van der Waals surface area contributed by atoms with Gasteiger partial charge in [-0.2, -0.15) is 0 Å². The second-order valence-corrected chi connectivity index (χ2v) is 4.77. The van der Waals surface area contributed by atoms with Gasteiger partial charge in [0.25, 0.3) is 0 Å². The summed E-state index contributed by atoms with van der Waals surface area (Å²) in [5.41, 5.74) is 0.938. The van der Waals surface area contributed by atoms with Gasteiger partial charge in [0.05, 0.1) is 4.88 Å². The number of hydrogen-bond donors (Lipinski definition) is 0. The Labute approximate surface area is 105 Å². The zero-order valence-electron chi connectivity index (χ0n) is 9.59. The molecule has 2 nitrogen and oxygen atoms in total. The normalized spacial score (nSPS) is 10.9. The van der Waals surface area contributed by atoms with E-state index in [1.165, 1.54) is 4.88 Å². The zero-order chi connectivity index (χ0) is 12.1. The first-order valence-electron chi connectivity index (χ1n) is 5.50. The Morgan fingerprint density at radius 2 is 2.29 bits per heavy atom. The van der Waals surface area contributed by atoms with Crippen molar-refractivity contribution in [2.75, 3.05) is 0 Å². The van der Waals surface area contributed by atoms with Crippen molar-refractivity contribution in [2.24, 2.45) is 0 Å². The molecule has 0 N–H and O–H groups in total. The fourth-order valence-electron chi connectivity index (χ4n) is 1.43. The largest absolute Gasteiger partial charge is 0.288 e. The van der Waals surface area contributed by atoms with E-state index in [0.29, 0.717) is 0 Å². The van der Waals surface area contributed by atoms with Crippen LogP contribution in [-0.2, 0) is 6.42 Å². The van der Waals surface area contributed by atoms with E-state index in [1.54, 1.807) is 35.9 Å². The average Bonchev–Trinajstić information content (AvgIpc) is 2.86. The fourth-order valence-corrected chi connectivity index (χ4v) is 2.30. The van der Waals surface area contributed by atoms with Crippen LogP contribution in [0.3, 0.4) is 0 Å². The third-order valence-corrected chi connectivity index (χ3v) is 3.61. The van der Waals surface area contributed by atoms with Crippen molar-refractivity contribution in [2.45, 2.75) is 13.3 Å². The molecule has 0 fully saturated rings. The summed E-state index contributed by atoms with van der Waals surface area (Å²) in [5, 5.41) is 0. The minimum absolute atomic E-state index is 0.0542. The molecule has 2 rings (SSSR count). The molecule has 2 heterocycles. The molecular formula is C14H13NOS. The molecule has 0 radical (unpaired) electrons. The summed E-state index contributed by atoms with van der Waals surface area (Å²) in [6.07, 6.45) is 7.81. The van der Waals surface area contributed by atoms with Crippen LogP contribution in [0.2, 0.25) is 0 Å². The van der Waals surface area contributed by atoms with E-state index in [9.17, 15) is 4.79 Å². The van der Waals surface area contributed by atoms with Gasteiger partial charge in [-0.05, 0) is 42.3 Å². The number of pyridine rings is 1. The standard InChI is InChI=1S/C14H13NOS/c1-2-12-6-8-14(17-12)13(16)7-5-11-4-3-9-15-10-11/h3-10H,2H2,1H3. The summed E-state index contributed by atoms with van der Waals surface area (Å²) in [6.45, 7) is 2.09. The SMILES string of the molecule is CCc1ccc(C(=O)C=Cc2cccnc2)s1. The van der Waals surface area contributed by atoms with E-state index in [2.05, 4.69) is 11.9 Å². The number of rotatable bonds is 4. The first-order valence-corrected chi connectivity index (χ1v) is 6.32. The van der Waals surface area contributed by atoms with E-state index < -0.39 is 0 Å². The monoisotopic (exact) mass is 243 g/mol. The van der Waals surface area contributed by atoms with Crippen molar-refractivity contribution in [3.05, 3.63) is 58.1 Å². The summed E-state index contributed by atoms with van der Waals surface area (Å²) in [7, 11) is 0. The number of aryl methyl sites for hydroxylation is 1. The molecule has 17 heavy (non-hydrogen) atoms. The Bertz CT molecular complexity index is 528. The van der Waals surface area contributed by atoms with E-state index in [-0.39, 0.29) is 5.78 Å². The van der Waals surface area contributed by atoms with E-state index in [0.717, 1.165) is 16.9 Å². The van der Waals surface area contributed by atoms with Gasteiger partial charge in [0, 0.05) is 17.3 Å². The Morgan fingerprint density at radius 3 is 2.94 bits per heavy atom. The van der Waals surface area contributed by atoms with Gasteiger partial charge in [-0.15, -0.1) is 11.3 Å². The zero-order valence-corrected chi connectivity index (χ0v) is 10.4. The van der Waals surface area contributed by atoms with Crippen LogP contribution < -0.4 is 0 Å². The molecule has 2 aromatic rings. The summed E-state index contributed by atoms with van der Waals surface area (Å²) >= 11 is 1.56. The van der Waals surface area contributed by atoms with Crippen LogP contribution in [0.15, 0.2) is 42.7 Å². The maximum atomic E-state index is 11.9. The summed E-state index contributed by atoms with van der Waals surface area (Å²) in [4.78, 5) is 17.9. The highest BCUT2D eigenvalue weighted by atomic mass is 32.1. The molecule has 0 aliphatic heterocycles. The van der Waals surface area contributed by atoms with Gasteiger partial charge in [-0.3, -0.25) is 9.78 Å². The molecule has 0 saturated heterocycles. The van der Waals surface area contributed by atoms with E-state index in [4.69, 9.17) is 0 Å². The minimum Gasteiger partial charge on any atom is -0.288 e. The van der Waals surface area contributed by atoms with Gasteiger partial charge in [-0.1, -0.05) is 13.0 Å². The first-order chi connectivity index (χ1) is 8.29. The third kappa shape index (κ3) is 3.11. The first kappa shape index (κ1) is 11.7. The smallest absolute Gasteiger partial charge is 0.195 e. The van der Waals surface area contributed by atoms with Crippen LogP contribution in [0.4, 0.5) is 0 Å². The molecule has 0 amide bonds. The van der Waals surface area contributed by atoms with Crippen LogP contribution in [-0.4, -0.2) is 10.8 Å². The highest BCUT2D eigenvalue weighted by Crippen LogP contribution is 2.18. The number of carbonyl (C=O) groups excluding carboxylic acids is 1. The number of ketones is 1. The molecule has 0 saturated carbocycles. The fraction of sp³-hybridized carbons (Fsp3) is 0.143. The van der Waals surface area contributed by atoms with Crippen molar-refractivity contribution >= 4 is 23.2 Å². The number of thiophene rings is 1. The Kier molecular flexibility index (Phi) is 3.83. The minimum atomic E-state index is 0.0542. The lowest BCUT2D eigenvalue weighted by atomic mass is 10.2. The van der Waals surface area contributed by atoms with Crippen molar-refractivity contribution in [3.63, 3.8) is 0 Å². The Morgan fingerprint density at radius 1 is 1.41 bits per heavy atom. The molecular weight excluding hydrogens is 230 g/mol. The van der Waals surface area contributed by atoms with Crippen LogP contribution in [0.5, 0.6) is 0 Å². The van der Waals surface area contributed by atoms with Crippen molar-refractivity contribution < 1.29 is 4.79 Å². The van der Waals surface area contributed by atoms with Crippen LogP contribution >= 0.6 is 11.3 Å². The van der Waals surface area contributed by atoms with Crippen LogP contribution in [0, 0.1) is 0 Å². The maximum Gasteiger partial charge on any atom is 0.195 e. The van der Waals surface area contributed by atoms with Gasteiger partial charge >= 0.3 is 0 Å². The molecule has 0 unspecified atom stereocenters. The molecule has 0 atom stereocenters. The lowest BCUT2D eigenvalue weighted by Gasteiger charge is -1.91. The lowest BCUT2D eigenvalue weighted by molar-refractivity contribution is 0.105. The summed E-state index contributed by atoms with van der Waals surface area (Å²) in [6, 6.07) is 7.67. The third-order valence-electron chi connectivity index (χ3n) is 2.36. The molecule has 86 valence electrons. The van der Waals surface area contributed by atoms with Gasteiger partial charge in [0.15, 0.2) is 5.78 Å². The second-order valence-electron chi connectivity index (χ2n) is 3.60. The molecule has 0 aliphatic rings. The number of nitrogens with zero attached hydrogens (tertiary/aromatic N) is 1. The molecule has 0 aromatic carbocycles. The number of hydrogen-bond acceptors (Lipinski definition) is 3. The van der Waals surface area contributed by atoms with Gasteiger partial charge in [0.2, 0.25) is 0 Å². The highest BCUT2D eigenvalue weighted by molar-refractivity contribution is 7.14.